The molecule has 0 aliphatic rings. The van der Waals surface area contributed by atoms with E-state index >= 15 is 0 Å². The quantitative estimate of drug-likeness (QED) is 0.344. The first kappa shape index (κ1) is 18.2. The van der Waals surface area contributed by atoms with Crippen LogP contribution in [0.3, 0.4) is 0 Å². The lowest BCUT2D eigenvalue weighted by Crippen LogP contribution is -2.29. The van der Waals surface area contributed by atoms with Gasteiger partial charge < -0.3 is 4.43 Å². The van der Waals surface area contributed by atoms with E-state index in [2.05, 4.69) is 86.8 Å². The Morgan fingerprint density at radius 3 is 2.25 bits per heavy atom. The fourth-order valence-corrected chi connectivity index (χ4v) is 3.77. The molecular formula is C17H29IOSi. The predicted octanol–water partition coefficient (Wildman–Crippen LogP) is 5.23. The first-order valence-electron chi connectivity index (χ1n) is 7.62. The summed E-state index contributed by atoms with van der Waals surface area (Å²) in [5.74, 6) is 0. The van der Waals surface area contributed by atoms with Crippen LogP contribution < -0.4 is 0 Å². The molecule has 1 aromatic carbocycles. The van der Waals surface area contributed by atoms with Gasteiger partial charge in [-0.15, -0.1) is 0 Å². The van der Waals surface area contributed by atoms with Crippen LogP contribution in [0.1, 0.15) is 39.2 Å². The molecule has 0 aromatic heterocycles. The van der Waals surface area contributed by atoms with E-state index in [-0.39, 0.29) is 0 Å². The monoisotopic (exact) mass is 404 g/mol. The minimum atomic E-state index is -0.970. The first-order chi connectivity index (χ1) is 9.29. The topological polar surface area (TPSA) is 9.23 Å². The average molecular weight is 404 g/mol. The molecule has 2 atom stereocenters. The molecule has 0 saturated carbocycles. The van der Waals surface area contributed by atoms with Gasteiger partial charge in [0.1, 0.15) is 0 Å². The van der Waals surface area contributed by atoms with Crippen LogP contribution in [-0.4, -0.2) is 19.1 Å². The average Bonchev–Trinajstić information content (AvgIpc) is 2.35. The van der Waals surface area contributed by atoms with Crippen molar-refractivity contribution in [1.29, 1.82) is 0 Å². The third-order valence-electron chi connectivity index (χ3n) is 3.47. The van der Waals surface area contributed by atoms with Crippen molar-refractivity contribution in [1.82, 2.24) is 0 Å². The van der Waals surface area contributed by atoms with Gasteiger partial charge in [-0.3, -0.25) is 0 Å². The number of hydrogen-bond acceptors (Lipinski definition) is 1. The van der Waals surface area contributed by atoms with E-state index in [9.17, 15) is 0 Å². The normalized spacial score (nSPS) is 15.3. The molecule has 0 spiro atoms. The number of hydrogen-bond donors (Lipinski definition) is 0. The van der Waals surface area contributed by atoms with Gasteiger partial charge in [0.15, 0.2) is 9.04 Å². The maximum atomic E-state index is 6.27. The van der Waals surface area contributed by atoms with E-state index in [1.54, 1.807) is 0 Å². The van der Waals surface area contributed by atoms with Crippen LogP contribution in [0.5, 0.6) is 0 Å². The Bertz CT molecular complexity index is 372. The Labute approximate surface area is 140 Å². The molecule has 0 bridgehead atoms. The van der Waals surface area contributed by atoms with E-state index in [4.69, 9.17) is 4.43 Å². The summed E-state index contributed by atoms with van der Waals surface area (Å²) in [6.07, 6.45) is 3.86. The number of rotatable bonds is 7. The van der Waals surface area contributed by atoms with Crippen LogP contribution in [0.4, 0.5) is 0 Å². The molecule has 114 valence electrons. The van der Waals surface area contributed by atoms with Gasteiger partial charge in [-0.2, -0.15) is 0 Å². The van der Waals surface area contributed by atoms with Gasteiger partial charge in [0.2, 0.25) is 0 Å². The molecule has 0 heterocycles. The molecule has 0 radical (unpaired) electrons. The van der Waals surface area contributed by atoms with Crippen LogP contribution in [0.15, 0.2) is 30.3 Å². The van der Waals surface area contributed by atoms with Crippen LogP contribution in [0.2, 0.25) is 13.1 Å². The molecule has 0 fully saturated rings. The second-order valence-corrected chi connectivity index (χ2v) is 10.8. The number of benzene rings is 1. The summed E-state index contributed by atoms with van der Waals surface area (Å²) in [6.45, 7) is 11.5. The Morgan fingerprint density at radius 1 is 1.15 bits per heavy atom. The minimum Gasteiger partial charge on any atom is -0.418 e. The molecule has 1 unspecified atom stereocenters. The van der Waals surface area contributed by atoms with Crippen molar-refractivity contribution < 1.29 is 4.43 Å². The number of halogens is 1. The Morgan fingerprint density at radius 2 is 1.75 bits per heavy atom. The van der Waals surface area contributed by atoms with Crippen LogP contribution in [0, 0.1) is 5.41 Å². The lowest BCUT2D eigenvalue weighted by Gasteiger charge is -2.30. The Balaban J connectivity index is 2.56. The summed E-state index contributed by atoms with van der Waals surface area (Å²) in [5.41, 5.74) is 1.78. The Hall–Kier alpha value is 0.127. The lowest BCUT2D eigenvalue weighted by atomic mass is 9.88. The van der Waals surface area contributed by atoms with E-state index in [1.807, 2.05) is 0 Å². The molecule has 0 N–H and O–H groups in total. The van der Waals surface area contributed by atoms with Crippen LogP contribution in [0.25, 0.3) is 0 Å². The van der Waals surface area contributed by atoms with Crippen molar-refractivity contribution in [2.45, 2.75) is 63.2 Å². The maximum Gasteiger partial charge on any atom is 0.171 e. The lowest BCUT2D eigenvalue weighted by molar-refractivity contribution is 0.169. The van der Waals surface area contributed by atoms with Crippen molar-refractivity contribution in [3.63, 3.8) is 0 Å². The summed E-state index contributed by atoms with van der Waals surface area (Å²) in [4.78, 5) is 0. The van der Waals surface area contributed by atoms with E-state index in [1.165, 1.54) is 12.0 Å². The molecule has 0 amide bonds. The van der Waals surface area contributed by atoms with Crippen molar-refractivity contribution in [3.05, 3.63) is 35.9 Å². The molecular weight excluding hydrogens is 375 g/mol. The van der Waals surface area contributed by atoms with Gasteiger partial charge in [-0.1, -0.05) is 73.7 Å². The summed E-state index contributed by atoms with van der Waals surface area (Å²) in [6, 6.07) is 10.8. The Kier molecular flexibility index (Phi) is 7.76. The SMILES string of the molecule is C[SiH](C)O[C@@H](CCc1ccccc1)CC(I)C(C)(C)C. The maximum absolute atomic E-state index is 6.27. The van der Waals surface area contributed by atoms with Gasteiger partial charge >= 0.3 is 0 Å². The van der Waals surface area contributed by atoms with Gasteiger partial charge in [0, 0.05) is 10.0 Å². The summed E-state index contributed by atoms with van der Waals surface area (Å²) in [5, 5.41) is 0. The summed E-state index contributed by atoms with van der Waals surface area (Å²) in [7, 11) is -0.970. The third kappa shape index (κ3) is 7.23. The van der Waals surface area contributed by atoms with Crippen LogP contribution in [-0.2, 0) is 10.8 Å². The first-order valence-corrected chi connectivity index (χ1v) is 11.6. The molecule has 0 aliphatic heterocycles. The fourth-order valence-electron chi connectivity index (χ4n) is 2.18. The molecule has 20 heavy (non-hydrogen) atoms. The summed E-state index contributed by atoms with van der Waals surface area (Å²) < 4.78 is 6.93. The van der Waals surface area contributed by atoms with Crippen LogP contribution >= 0.6 is 22.6 Å². The molecule has 0 saturated heterocycles. The number of aryl methyl sites for hydroxylation is 1. The highest BCUT2D eigenvalue weighted by Crippen LogP contribution is 2.31. The molecule has 3 heteroatoms. The molecule has 1 aromatic rings. The van der Waals surface area contributed by atoms with E-state index in [0.29, 0.717) is 15.4 Å². The predicted molar refractivity (Wildman–Crippen MR) is 100 cm³/mol. The second-order valence-electron chi connectivity index (χ2n) is 6.90. The zero-order chi connectivity index (χ0) is 15.2. The van der Waals surface area contributed by atoms with Crippen molar-refractivity contribution in [2.75, 3.05) is 0 Å². The van der Waals surface area contributed by atoms with E-state index in [0.717, 1.165) is 12.8 Å². The van der Waals surface area contributed by atoms with Crippen molar-refractivity contribution in [2.24, 2.45) is 5.41 Å². The zero-order valence-corrected chi connectivity index (χ0v) is 16.8. The molecule has 0 aliphatic carbocycles. The highest BCUT2D eigenvalue weighted by molar-refractivity contribution is 14.1. The van der Waals surface area contributed by atoms with Gasteiger partial charge in [0.05, 0.1) is 0 Å². The highest BCUT2D eigenvalue weighted by Gasteiger charge is 2.25. The van der Waals surface area contributed by atoms with Gasteiger partial charge in [0.25, 0.3) is 0 Å². The third-order valence-corrected chi connectivity index (χ3v) is 6.78. The standard InChI is InChI=1S/C17H29IOSi/c1-17(2,3)16(18)13-15(19-20(4)5)12-11-14-9-7-6-8-10-14/h6-10,15-16,20H,11-13H2,1-5H3/t15-,16?/m0/s1. The number of alkyl halides is 1. The van der Waals surface area contributed by atoms with E-state index < -0.39 is 9.04 Å². The van der Waals surface area contributed by atoms with Crippen molar-refractivity contribution in [3.8, 4) is 0 Å². The summed E-state index contributed by atoms with van der Waals surface area (Å²) >= 11 is 2.60. The fraction of sp³-hybridized carbons (Fsp3) is 0.647. The molecule has 1 nitrogen and oxygen atoms in total. The smallest absolute Gasteiger partial charge is 0.171 e. The van der Waals surface area contributed by atoms with Crippen molar-refractivity contribution >= 4 is 31.6 Å². The zero-order valence-electron chi connectivity index (χ0n) is 13.5. The molecule has 1 rings (SSSR count). The van der Waals surface area contributed by atoms with Gasteiger partial charge in [-0.05, 0) is 43.3 Å². The minimum absolute atomic E-state index is 0.355. The highest BCUT2D eigenvalue weighted by atomic mass is 127. The van der Waals surface area contributed by atoms with Gasteiger partial charge in [-0.25, -0.2) is 0 Å². The largest absolute Gasteiger partial charge is 0.418 e. The second kappa shape index (κ2) is 8.54.